The Morgan fingerprint density at radius 2 is 1.38 bits per heavy atom. The van der Waals surface area contributed by atoms with Gasteiger partial charge in [-0.25, -0.2) is 0 Å². The summed E-state index contributed by atoms with van der Waals surface area (Å²) in [6.45, 7) is 7.76. The summed E-state index contributed by atoms with van der Waals surface area (Å²) >= 11 is 0. The van der Waals surface area contributed by atoms with Crippen LogP contribution in [-0.4, -0.2) is 11.6 Å². The van der Waals surface area contributed by atoms with Gasteiger partial charge in [0.25, 0.3) is 0 Å². The van der Waals surface area contributed by atoms with E-state index >= 15 is 0 Å². The van der Waals surface area contributed by atoms with Crippen molar-refractivity contribution in [1.82, 2.24) is 0 Å². The van der Waals surface area contributed by atoms with Gasteiger partial charge in [0.15, 0.2) is 5.78 Å². The summed E-state index contributed by atoms with van der Waals surface area (Å²) < 4.78 is 0. The normalized spacial score (nSPS) is 14.0. The molecule has 2 atom stereocenters. The van der Waals surface area contributed by atoms with E-state index in [1.165, 1.54) is 0 Å². The molecule has 0 amide bonds. The number of hydrogen-bond acceptors (Lipinski definition) is 2. The lowest BCUT2D eigenvalue weighted by atomic mass is 9.74. The fourth-order valence-electron chi connectivity index (χ4n) is 3.09. The molecule has 0 saturated carbocycles. The molecule has 0 saturated heterocycles. The minimum absolute atomic E-state index is 0.0815. The van der Waals surface area contributed by atoms with Crippen molar-refractivity contribution in [2.75, 3.05) is 0 Å². The molecular formula is C22H26O2. The number of benzene rings is 2. The summed E-state index contributed by atoms with van der Waals surface area (Å²) in [5.41, 5.74) is 1.34. The first-order valence-electron chi connectivity index (χ1n) is 8.48. The molecule has 0 aromatic heterocycles. The van der Waals surface area contributed by atoms with Crippen molar-refractivity contribution in [3.8, 4) is 0 Å². The van der Waals surface area contributed by atoms with E-state index in [0.717, 1.165) is 5.56 Å². The van der Waals surface area contributed by atoms with Crippen LogP contribution in [0, 0.1) is 11.3 Å². The van der Waals surface area contributed by atoms with Crippen molar-refractivity contribution in [1.29, 1.82) is 0 Å². The molecule has 0 heterocycles. The van der Waals surface area contributed by atoms with E-state index in [1.54, 1.807) is 0 Å². The fraction of sp³-hybridized carbons (Fsp3) is 0.364. The molecule has 0 aliphatic heterocycles. The van der Waals surface area contributed by atoms with Crippen LogP contribution in [0.3, 0.4) is 0 Å². The van der Waals surface area contributed by atoms with E-state index in [2.05, 4.69) is 0 Å². The Balaban J connectivity index is 2.30. The third-order valence-electron chi connectivity index (χ3n) is 4.49. The smallest absolute Gasteiger partial charge is 0.163 e. The van der Waals surface area contributed by atoms with Crippen molar-refractivity contribution in [2.24, 2.45) is 11.3 Å². The predicted octanol–water partition coefficient (Wildman–Crippen LogP) is 5.29. The van der Waals surface area contributed by atoms with E-state index in [9.17, 15) is 9.59 Å². The SMILES string of the molecule is C[C@@H](C(=O)C(C)(C)C)[C@@H](CC(=O)c1ccccc1)c1ccccc1. The van der Waals surface area contributed by atoms with Crippen LogP contribution in [0.5, 0.6) is 0 Å². The standard InChI is InChI=1S/C22H26O2/c1-16(21(24)22(2,3)4)19(17-11-7-5-8-12-17)15-20(23)18-13-9-6-10-14-18/h5-14,16,19H,15H2,1-4H3/t16-,19-/m1/s1. The van der Waals surface area contributed by atoms with Gasteiger partial charge in [0.2, 0.25) is 0 Å². The molecule has 0 aliphatic carbocycles. The minimum Gasteiger partial charge on any atom is -0.299 e. The zero-order valence-corrected chi connectivity index (χ0v) is 15.0. The van der Waals surface area contributed by atoms with Crippen LogP contribution >= 0.6 is 0 Å². The zero-order chi connectivity index (χ0) is 17.7. The molecule has 0 fully saturated rings. The number of ketones is 2. The third-order valence-corrected chi connectivity index (χ3v) is 4.49. The van der Waals surface area contributed by atoms with Gasteiger partial charge in [-0.2, -0.15) is 0 Å². The molecule has 2 rings (SSSR count). The topological polar surface area (TPSA) is 34.1 Å². The monoisotopic (exact) mass is 322 g/mol. The Hall–Kier alpha value is -2.22. The third kappa shape index (κ3) is 4.41. The van der Waals surface area contributed by atoms with Crippen molar-refractivity contribution in [3.05, 3.63) is 71.8 Å². The molecule has 0 N–H and O–H groups in total. The Bertz CT molecular complexity index is 681. The Morgan fingerprint density at radius 1 is 0.875 bits per heavy atom. The van der Waals surface area contributed by atoms with Crippen LogP contribution in [0.15, 0.2) is 60.7 Å². The number of Topliss-reactive ketones (excluding diaryl/α,β-unsaturated/α-hetero) is 2. The molecule has 2 heteroatoms. The van der Waals surface area contributed by atoms with E-state index in [0.29, 0.717) is 12.0 Å². The largest absolute Gasteiger partial charge is 0.299 e. The highest BCUT2D eigenvalue weighted by Crippen LogP contribution is 2.34. The van der Waals surface area contributed by atoms with Gasteiger partial charge >= 0.3 is 0 Å². The summed E-state index contributed by atoms with van der Waals surface area (Å²) in [5.74, 6) is -0.0408. The quantitative estimate of drug-likeness (QED) is 0.677. The highest BCUT2D eigenvalue weighted by molar-refractivity contribution is 5.97. The molecule has 0 aliphatic rings. The van der Waals surface area contributed by atoms with Crippen LogP contribution in [0.1, 0.15) is 56.0 Å². The van der Waals surface area contributed by atoms with Crippen LogP contribution < -0.4 is 0 Å². The lowest BCUT2D eigenvalue weighted by Gasteiger charge is -2.28. The van der Waals surface area contributed by atoms with Crippen LogP contribution in [-0.2, 0) is 4.79 Å². The van der Waals surface area contributed by atoms with Gasteiger partial charge < -0.3 is 0 Å². The highest BCUT2D eigenvalue weighted by atomic mass is 16.1. The molecular weight excluding hydrogens is 296 g/mol. The van der Waals surface area contributed by atoms with Gasteiger partial charge in [-0.15, -0.1) is 0 Å². The minimum atomic E-state index is -0.414. The van der Waals surface area contributed by atoms with Crippen LogP contribution in [0.4, 0.5) is 0 Å². The van der Waals surface area contributed by atoms with Gasteiger partial charge in [0, 0.05) is 29.2 Å². The molecule has 0 spiro atoms. The molecule has 0 bridgehead atoms. The maximum Gasteiger partial charge on any atom is 0.163 e. The predicted molar refractivity (Wildman–Crippen MR) is 98.2 cm³/mol. The van der Waals surface area contributed by atoms with Crippen molar-refractivity contribution in [2.45, 2.75) is 40.0 Å². The number of hydrogen-bond donors (Lipinski definition) is 0. The van der Waals surface area contributed by atoms with Gasteiger partial charge in [0.1, 0.15) is 5.78 Å². The van der Waals surface area contributed by atoms with E-state index in [1.807, 2.05) is 88.4 Å². The summed E-state index contributed by atoms with van der Waals surface area (Å²) in [7, 11) is 0. The van der Waals surface area contributed by atoms with Crippen molar-refractivity contribution in [3.63, 3.8) is 0 Å². The van der Waals surface area contributed by atoms with Crippen molar-refractivity contribution >= 4 is 11.6 Å². The summed E-state index contributed by atoms with van der Waals surface area (Å²) in [4.78, 5) is 25.5. The van der Waals surface area contributed by atoms with Gasteiger partial charge in [-0.3, -0.25) is 9.59 Å². The molecule has 126 valence electrons. The number of carbonyl (C=O) groups excluding carboxylic acids is 2. The Kier molecular flexibility index (Phi) is 5.71. The Labute approximate surface area is 144 Å². The lowest BCUT2D eigenvalue weighted by Crippen LogP contribution is -2.31. The second kappa shape index (κ2) is 7.57. The number of rotatable bonds is 6. The second-order valence-corrected chi connectivity index (χ2v) is 7.41. The molecule has 2 aromatic carbocycles. The average molecular weight is 322 g/mol. The molecule has 24 heavy (non-hydrogen) atoms. The van der Waals surface area contributed by atoms with E-state index < -0.39 is 5.41 Å². The lowest BCUT2D eigenvalue weighted by molar-refractivity contribution is -0.130. The summed E-state index contributed by atoms with van der Waals surface area (Å²) in [6, 6.07) is 19.2. The molecule has 2 nitrogen and oxygen atoms in total. The maximum atomic E-state index is 12.8. The molecule has 2 aromatic rings. The van der Waals surface area contributed by atoms with Gasteiger partial charge in [-0.05, 0) is 5.56 Å². The second-order valence-electron chi connectivity index (χ2n) is 7.41. The van der Waals surface area contributed by atoms with Crippen LogP contribution in [0.2, 0.25) is 0 Å². The van der Waals surface area contributed by atoms with Crippen LogP contribution in [0.25, 0.3) is 0 Å². The molecule has 0 radical (unpaired) electrons. The highest BCUT2D eigenvalue weighted by Gasteiger charge is 2.33. The van der Waals surface area contributed by atoms with E-state index in [-0.39, 0.29) is 23.4 Å². The maximum absolute atomic E-state index is 12.8. The van der Waals surface area contributed by atoms with E-state index in [4.69, 9.17) is 0 Å². The van der Waals surface area contributed by atoms with Crippen molar-refractivity contribution < 1.29 is 9.59 Å². The Morgan fingerprint density at radius 3 is 1.88 bits per heavy atom. The van der Waals surface area contributed by atoms with Gasteiger partial charge in [-0.1, -0.05) is 88.4 Å². The number of carbonyl (C=O) groups is 2. The summed E-state index contributed by atoms with van der Waals surface area (Å²) in [5, 5.41) is 0. The molecule has 0 unspecified atom stereocenters. The average Bonchev–Trinajstić information content (AvgIpc) is 2.59. The first-order valence-corrected chi connectivity index (χ1v) is 8.48. The zero-order valence-electron chi connectivity index (χ0n) is 15.0. The summed E-state index contributed by atoms with van der Waals surface area (Å²) in [6.07, 6.45) is 0.344. The first-order chi connectivity index (χ1) is 11.3. The fourth-order valence-corrected chi connectivity index (χ4v) is 3.09. The van der Waals surface area contributed by atoms with Gasteiger partial charge in [0.05, 0.1) is 0 Å². The first kappa shape index (κ1) is 18.1.